The number of rotatable bonds is 4. The standard InChI is InChI=1S/C20H21FN3/c1-3-5-7-20(4-2)13-24-10-9-23-8-6-15-17(19(23)24)16(20)11-14(12-22)18(15)21/h6,8-11H,3-5,7,13H2,1-2H3/q+1. The summed E-state index contributed by atoms with van der Waals surface area (Å²) >= 11 is 0. The van der Waals surface area contributed by atoms with Crippen molar-refractivity contribution in [2.75, 3.05) is 0 Å². The van der Waals surface area contributed by atoms with Crippen LogP contribution in [0.15, 0.2) is 30.7 Å². The molecule has 1 aliphatic rings. The summed E-state index contributed by atoms with van der Waals surface area (Å²) in [7, 11) is 0. The topological polar surface area (TPSA) is 32.1 Å². The SMILES string of the molecule is CCCCC1(CC)C[n+]2ccn3ccc4c(F)c(C#N)cc1c4c32. The summed E-state index contributed by atoms with van der Waals surface area (Å²) in [6, 6.07) is 5.67. The van der Waals surface area contributed by atoms with E-state index in [0.717, 1.165) is 48.8 Å². The molecular formula is C20H21FN3+. The molecule has 1 atom stereocenters. The molecule has 0 amide bonds. The van der Waals surface area contributed by atoms with E-state index in [1.807, 2.05) is 18.5 Å². The van der Waals surface area contributed by atoms with Crippen molar-refractivity contribution in [2.24, 2.45) is 0 Å². The highest BCUT2D eigenvalue weighted by atomic mass is 19.1. The molecule has 3 nitrogen and oxygen atoms in total. The Labute approximate surface area is 140 Å². The third kappa shape index (κ3) is 1.84. The fourth-order valence-corrected chi connectivity index (χ4v) is 4.31. The summed E-state index contributed by atoms with van der Waals surface area (Å²) < 4.78 is 19.1. The molecule has 0 radical (unpaired) electrons. The average molecular weight is 322 g/mol. The van der Waals surface area contributed by atoms with Crippen LogP contribution in [-0.2, 0) is 12.0 Å². The van der Waals surface area contributed by atoms with Crippen molar-refractivity contribution in [1.82, 2.24) is 4.40 Å². The number of pyridine rings is 1. The summed E-state index contributed by atoms with van der Waals surface area (Å²) in [5.74, 6) is -0.395. The molecule has 3 aromatic rings. The fourth-order valence-electron chi connectivity index (χ4n) is 4.31. The lowest BCUT2D eigenvalue weighted by Crippen LogP contribution is -2.48. The summed E-state index contributed by atoms with van der Waals surface area (Å²) in [6.07, 6.45) is 10.3. The Morgan fingerprint density at radius 1 is 1.38 bits per heavy atom. The Hall–Kier alpha value is -2.41. The normalized spacial score (nSPS) is 19.2. The minimum Gasteiger partial charge on any atom is -0.229 e. The van der Waals surface area contributed by atoms with Crippen molar-refractivity contribution in [2.45, 2.75) is 51.5 Å². The minimum absolute atomic E-state index is 0.0333. The van der Waals surface area contributed by atoms with Gasteiger partial charge in [-0.25, -0.2) is 13.4 Å². The minimum atomic E-state index is -0.395. The molecule has 3 heterocycles. The predicted molar refractivity (Wildman–Crippen MR) is 91.3 cm³/mol. The lowest BCUT2D eigenvalue weighted by atomic mass is 9.70. The molecule has 4 heteroatoms. The zero-order valence-corrected chi connectivity index (χ0v) is 14.1. The van der Waals surface area contributed by atoms with Gasteiger partial charge in [0.15, 0.2) is 0 Å². The zero-order valence-electron chi connectivity index (χ0n) is 14.1. The Balaban J connectivity index is 2.16. The van der Waals surface area contributed by atoms with Gasteiger partial charge in [0.1, 0.15) is 30.8 Å². The van der Waals surface area contributed by atoms with Crippen molar-refractivity contribution in [3.8, 4) is 6.07 Å². The van der Waals surface area contributed by atoms with E-state index < -0.39 is 5.82 Å². The number of halogens is 1. The smallest absolute Gasteiger partial charge is 0.229 e. The maximum Gasteiger partial charge on any atom is 0.294 e. The van der Waals surface area contributed by atoms with Gasteiger partial charge in [0.25, 0.3) is 5.65 Å². The van der Waals surface area contributed by atoms with Crippen LogP contribution in [0.2, 0.25) is 0 Å². The van der Waals surface area contributed by atoms with Crippen molar-refractivity contribution in [3.05, 3.63) is 47.7 Å². The molecule has 0 fully saturated rings. The highest BCUT2D eigenvalue weighted by Gasteiger charge is 2.41. The third-order valence-electron chi connectivity index (χ3n) is 5.70. The number of hydrogen-bond acceptors (Lipinski definition) is 1. The van der Waals surface area contributed by atoms with Crippen LogP contribution in [0.25, 0.3) is 16.4 Å². The van der Waals surface area contributed by atoms with Crippen LogP contribution < -0.4 is 4.57 Å². The van der Waals surface area contributed by atoms with Gasteiger partial charge < -0.3 is 0 Å². The van der Waals surface area contributed by atoms with Gasteiger partial charge >= 0.3 is 0 Å². The largest absolute Gasteiger partial charge is 0.294 e. The molecule has 122 valence electrons. The van der Waals surface area contributed by atoms with E-state index in [4.69, 9.17) is 0 Å². The van der Waals surface area contributed by atoms with Gasteiger partial charge in [-0.2, -0.15) is 5.26 Å². The molecule has 0 N–H and O–H groups in total. The second kappa shape index (κ2) is 5.31. The van der Waals surface area contributed by atoms with Gasteiger partial charge in [0, 0.05) is 10.8 Å². The molecule has 0 spiro atoms. The van der Waals surface area contributed by atoms with Crippen LogP contribution in [0, 0.1) is 17.1 Å². The van der Waals surface area contributed by atoms with E-state index in [2.05, 4.69) is 35.1 Å². The fraction of sp³-hybridized carbons (Fsp3) is 0.400. The molecule has 1 aromatic carbocycles. The van der Waals surface area contributed by atoms with Gasteiger partial charge in [0.05, 0.1) is 17.1 Å². The van der Waals surface area contributed by atoms with Crippen molar-refractivity contribution < 1.29 is 8.96 Å². The number of aromatic nitrogens is 2. The van der Waals surface area contributed by atoms with E-state index in [1.54, 1.807) is 6.07 Å². The Morgan fingerprint density at radius 3 is 2.92 bits per heavy atom. The van der Waals surface area contributed by atoms with E-state index in [-0.39, 0.29) is 11.0 Å². The Bertz CT molecular complexity index is 996. The summed E-state index contributed by atoms with van der Waals surface area (Å²) in [4.78, 5) is 0. The highest BCUT2D eigenvalue weighted by molar-refractivity contribution is 5.98. The lowest BCUT2D eigenvalue weighted by Gasteiger charge is -2.35. The van der Waals surface area contributed by atoms with Crippen molar-refractivity contribution >= 4 is 16.4 Å². The first-order valence-electron chi connectivity index (χ1n) is 8.71. The summed E-state index contributed by atoms with van der Waals surface area (Å²) in [5, 5.41) is 10.9. The van der Waals surface area contributed by atoms with Crippen molar-refractivity contribution in [1.29, 1.82) is 5.26 Å². The number of imidazole rings is 1. The van der Waals surface area contributed by atoms with Crippen LogP contribution >= 0.6 is 0 Å². The lowest BCUT2D eigenvalue weighted by molar-refractivity contribution is -0.680. The molecule has 24 heavy (non-hydrogen) atoms. The monoisotopic (exact) mass is 322 g/mol. The van der Waals surface area contributed by atoms with Crippen molar-refractivity contribution in [3.63, 3.8) is 0 Å². The maximum atomic E-state index is 14.8. The van der Waals surface area contributed by atoms with E-state index in [9.17, 15) is 9.65 Å². The van der Waals surface area contributed by atoms with E-state index in [1.165, 1.54) is 0 Å². The molecule has 4 rings (SSSR count). The number of hydrogen-bond donors (Lipinski definition) is 0. The van der Waals surface area contributed by atoms with Gasteiger partial charge in [-0.3, -0.25) is 0 Å². The number of nitrogens with zero attached hydrogens (tertiary/aromatic N) is 3. The first-order chi connectivity index (χ1) is 11.6. The first-order valence-corrected chi connectivity index (χ1v) is 8.71. The Kier molecular flexibility index (Phi) is 3.35. The van der Waals surface area contributed by atoms with Gasteiger partial charge in [0.2, 0.25) is 0 Å². The van der Waals surface area contributed by atoms with E-state index in [0.29, 0.717) is 5.39 Å². The van der Waals surface area contributed by atoms with Crippen LogP contribution in [0.3, 0.4) is 0 Å². The number of benzene rings is 1. The van der Waals surface area contributed by atoms with Crippen LogP contribution in [0.4, 0.5) is 4.39 Å². The van der Waals surface area contributed by atoms with E-state index >= 15 is 0 Å². The first kappa shape index (κ1) is 15.1. The second-order valence-electron chi connectivity index (χ2n) is 6.90. The zero-order chi connectivity index (χ0) is 16.9. The number of unbranched alkanes of at least 4 members (excludes halogenated alkanes) is 1. The predicted octanol–water partition coefficient (Wildman–Crippen LogP) is 4.24. The maximum absolute atomic E-state index is 14.8. The number of nitriles is 1. The van der Waals surface area contributed by atoms with Gasteiger partial charge in [-0.05, 0) is 30.5 Å². The third-order valence-corrected chi connectivity index (χ3v) is 5.70. The molecule has 0 saturated carbocycles. The average Bonchev–Trinajstić information content (AvgIpc) is 3.03. The van der Waals surface area contributed by atoms with Gasteiger partial charge in [-0.1, -0.05) is 26.7 Å². The molecule has 0 saturated heterocycles. The Morgan fingerprint density at radius 2 is 2.21 bits per heavy atom. The van der Waals surface area contributed by atoms with Crippen LogP contribution in [-0.4, -0.2) is 4.40 Å². The molecule has 1 unspecified atom stereocenters. The molecule has 0 bridgehead atoms. The van der Waals surface area contributed by atoms with Gasteiger partial charge in [-0.15, -0.1) is 0 Å². The molecule has 1 aliphatic heterocycles. The molecule has 2 aromatic heterocycles. The van der Waals surface area contributed by atoms with Crippen LogP contribution in [0.1, 0.15) is 50.7 Å². The quantitative estimate of drug-likeness (QED) is 0.661. The highest BCUT2D eigenvalue weighted by Crippen LogP contribution is 2.43. The van der Waals surface area contributed by atoms with Crippen LogP contribution in [0.5, 0.6) is 0 Å². The summed E-state index contributed by atoms with van der Waals surface area (Å²) in [5.41, 5.74) is 2.31. The molecular weight excluding hydrogens is 301 g/mol. The molecule has 0 aliphatic carbocycles. The summed E-state index contributed by atoms with van der Waals surface area (Å²) in [6.45, 7) is 5.30. The second-order valence-corrected chi connectivity index (χ2v) is 6.90.